The molecule has 2 amide bonds. The fraction of sp³-hybridized carbons (Fsp3) is 0.317. The van der Waals surface area contributed by atoms with Crippen LogP contribution in [-0.2, 0) is 26.7 Å². The van der Waals surface area contributed by atoms with Crippen molar-refractivity contribution in [2.75, 3.05) is 17.6 Å². The first-order chi connectivity index (χ1) is 22.9. The van der Waals surface area contributed by atoms with Crippen molar-refractivity contribution in [3.05, 3.63) is 130 Å². The normalized spacial score (nSPS) is 12.9. The topological polar surface area (TPSA) is 113 Å². The molecular weight excluding hydrogens is 633 g/mol. The molecule has 0 aliphatic rings. The third-order valence-electron chi connectivity index (χ3n) is 8.26. The Morgan fingerprint density at radius 2 is 1.53 bits per heavy atom. The number of allylic oxidation sites excluding steroid dienone is 1. The lowest BCUT2D eigenvalue weighted by Crippen LogP contribution is -2.28. The molecule has 0 bridgehead atoms. The van der Waals surface area contributed by atoms with E-state index in [9.17, 15) is 18.0 Å². The zero-order valence-corrected chi connectivity index (χ0v) is 30.3. The highest BCUT2D eigenvalue weighted by molar-refractivity contribution is 7.85. The van der Waals surface area contributed by atoms with E-state index < -0.39 is 27.7 Å². The van der Waals surface area contributed by atoms with Crippen LogP contribution in [0.1, 0.15) is 85.6 Å². The second-order valence-electron chi connectivity index (χ2n) is 14.7. The fourth-order valence-electron chi connectivity index (χ4n) is 5.43. The molecule has 4 aromatic carbocycles. The van der Waals surface area contributed by atoms with E-state index in [0.29, 0.717) is 17.7 Å². The number of amides is 2. The molecule has 7 nitrogen and oxygen atoms in total. The van der Waals surface area contributed by atoms with Gasteiger partial charge in [0.05, 0.1) is 11.7 Å². The van der Waals surface area contributed by atoms with Crippen LogP contribution in [0.5, 0.6) is 0 Å². The van der Waals surface area contributed by atoms with E-state index in [-0.39, 0.29) is 23.3 Å². The molecule has 4 aromatic rings. The van der Waals surface area contributed by atoms with E-state index in [1.807, 2.05) is 48.5 Å². The van der Waals surface area contributed by atoms with Gasteiger partial charge in [0.1, 0.15) is 0 Å². The molecule has 0 radical (unpaired) electrons. The van der Waals surface area contributed by atoms with Crippen molar-refractivity contribution in [1.29, 1.82) is 0 Å². The van der Waals surface area contributed by atoms with Crippen LogP contribution in [-0.4, -0.2) is 37.1 Å². The smallest absolute Gasteiger partial charge is 0.266 e. The van der Waals surface area contributed by atoms with Crippen LogP contribution >= 0.6 is 0 Å². The van der Waals surface area contributed by atoms with Gasteiger partial charge in [-0.3, -0.25) is 14.1 Å². The second-order valence-corrected chi connectivity index (χ2v) is 16.3. The fourth-order valence-corrected chi connectivity index (χ4v) is 5.79. The van der Waals surface area contributed by atoms with Gasteiger partial charge in [0, 0.05) is 17.8 Å². The van der Waals surface area contributed by atoms with E-state index in [4.69, 9.17) is 4.55 Å². The van der Waals surface area contributed by atoms with Crippen molar-refractivity contribution >= 4 is 33.7 Å². The first-order valence-electron chi connectivity index (χ1n) is 16.5. The summed E-state index contributed by atoms with van der Waals surface area (Å²) in [4.78, 5) is 26.5. The quantitative estimate of drug-likeness (QED) is 0.137. The van der Waals surface area contributed by atoms with E-state index in [0.717, 1.165) is 27.8 Å². The minimum Gasteiger partial charge on any atom is -0.351 e. The van der Waals surface area contributed by atoms with E-state index in [2.05, 4.69) is 89.5 Å². The summed E-state index contributed by atoms with van der Waals surface area (Å²) in [5.74, 6) is -1.69. The molecule has 0 heterocycles. The van der Waals surface area contributed by atoms with Crippen LogP contribution in [0.15, 0.2) is 97.1 Å². The molecule has 1 atom stereocenters. The average Bonchev–Trinajstić information content (AvgIpc) is 3.02. The van der Waals surface area contributed by atoms with Gasteiger partial charge in [0.25, 0.3) is 16.0 Å². The molecule has 1 unspecified atom stereocenters. The molecule has 0 saturated heterocycles. The average molecular weight is 681 g/mol. The Morgan fingerprint density at radius 1 is 0.857 bits per heavy atom. The summed E-state index contributed by atoms with van der Waals surface area (Å²) >= 11 is 0. The number of rotatable bonds is 11. The predicted octanol–water partition coefficient (Wildman–Crippen LogP) is 8.60. The molecule has 4 rings (SSSR count). The summed E-state index contributed by atoms with van der Waals surface area (Å²) < 4.78 is 30.9. The monoisotopic (exact) mass is 680 g/mol. The maximum absolute atomic E-state index is 14.0. The lowest BCUT2D eigenvalue weighted by Gasteiger charge is -2.21. The van der Waals surface area contributed by atoms with Gasteiger partial charge in [0.2, 0.25) is 5.91 Å². The number of benzene rings is 4. The molecular formula is C41H48N2O5S. The SMILES string of the molecule is Cc1cc(C(C)(C)C)ccc1-c1ccc(NC(=O)C(Cc2ccc(C(=O)NCCS(=O)(=O)O)cc2)c2cccc(/C=C/C(C)(C)C)c2)cc1. The van der Waals surface area contributed by atoms with Crippen LogP contribution < -0.4 is 10.6 Å². The van der Waals surface area contributed by atoms with Crippen molar-refractivity contribution < 1.29 is 22.6 Å². The Morgan fingerprint density at radius 3 is 2.12 bits per heavy atom. The van der Waals surface area contributed by atoms with E-state index in [1.54, 1.807) is 24.3 Å². The summed E-state index contributed by atoms with van der Waals surface area (Å²) in [6, 6.07) is 29.3. The van der Waals surface area contributed by atoms with Crippen molar-refractivity contribution in [1.82, 2.24) is 5.32 Å². The van der Waals surface area contributed by atoms with Gasteiger partial charge < -0.3 is 10.6 Å². The van der Waals surface area contributed by atoms with Gasteiger partial charge in [-0.05, 0) is 87.4 Å². The molecule has 0 fully saturated rings. The number of anilines is 1. The third-order valence-corrected chi connectivity index (χ3v) is 8.98. The minimum atomic E-state index is -4.17. The van der Waals surface area contributed by atoms with Crippen LogP contribution in [0.25, 0.3) is 17.2 Å². The first kappa shape index (κ1) is 37.3. The molecule has 8 heteroatoms. The van der Waals surface area contributed by atoms with Crippen LogP contribution in [0.4, 0.5) is 5.69 Å². The Kier molecular flexibility index (Phi) is 11.7. The molecule has 3 N–H and O–H groups in total. The summed E-state index contributed by atoms with van der Waals surface area (Å²) in [5, 5.41) is 5.63. The van der Waals surface area contributed by atoms with Gasteiger partial charge in [-0.15, -0.1) is 0 Å². The van der Waals surface area contributed by atoms with Crippen molar-refractivity contribution in [2.24, 2.45) is 5.41 Å². The molecule has 49 heavy (non-hydrogen) atoms. The van der Waals surface area contributed by atoms with Gasteiger partial charge >= 0.3 is 0 Å². The van der Waals surface area contributed by atoms with Crippen molar-refractivity contribution in [2.45, 2.75) is 66.2 Å². The molecule has 0 aliphatic carbocycles. The summed E-state index contributed by atoms with van der Waals surface area (Å²) in [6.45, 7) is 14.9. The predicted molar refractivity (Wildman–Crippen MR) is 201 cm³/mol. The molecule has 258 valence electrons. The van der Waals surface area contributed by atoms with E-state index >= 15 is 0 Å². The van der Waals surface area contributed by atoms with Crippen molar-refractivity contribution in [3.63, 3.8) is 0 Å². The summed E-state index contributed by atoms with van der Waals surface area (Å²) in [5.41, 5.74) is 8.56. The molecule has 0 aromatic heterocycles. The summed E-state index contributed by atoms with van der Waals surface area (Å²) in [7, 11) is -4.17. The number of aryl methyl sites for hydroxylation is 1. The van der Waals surface area contributed by atoms with Gasteiger partial charge in [0.15, 0.2) is 0 Å². The van der Waals surface area contributed by atoms with Crippen LogP contribution in [0.2, 0.25) is 0 Å². The molecule has 0 aliphatic heterocycles. The highest BCUT2D eigenvalue weighted by Gasteiger charge is 2.23. The maximum Gasteiger partial charge on any atom is 0.266 e. The number of nitrogens with one attached hydrogen (secondary N) is 2. The Bertz CT molecular complexity index is 1910. The zero-order chi connectivity index (χ0) is 36.0. The van der Waals surface area contributed by atoms with Gasteiger partial charge in [-0.25, -0.2) is 0 Å². The number of hydrogen-bond acceptors (Lipinski definition) is 4. The standard InChI is InChI=1S/C41H48N2O5S/c1-28-25-34(41(5,6)7)17-20-36(28)31-15-18-35(19-16-31)43-39(45)37(33-10-8-9-29(26-33)21-22-40(2,3)4)27-30-11-13-32(14-12-30)38(44)42-23-24-49(46,47)48/h8-22,25-26,37H,23-24,27H2,1-7H3,(H,42,44)(H,43,45)(H,46,47,48)/b22-21+. The van der Waals surface area contributed by atoms with Crippen LogP contribution in [0.3, 0.4) is 0 Å². The number of hydrogen-bond donors (Lipinski definition) is 3. The lowest BCUT2D eigenvalue weighted by atomic mass is 9.84. The Labute approximate surface area is 291 Å². The Hall–Kier alpha value is -4.53. The van der Waals surface area contributed by atoms with Crippen molar-refractivity contribution in [3.8, 4) is 11.1 Å². The highest BCUT2D eigenvalue weighted by Crippen LogP contribution is 2.31. The first-order valence-corrected chi connectivity index (χ1v) is 18.1. The van der Waals surface area contributed by atoms with Gasteiger partial charge in [-0.2, -0.15) is 8.42 Å². The number of carbonyl (C=O) groups excluding carboxylic acids is 2. The highest BCUT2D eigenvalue weighted by atomic mass is 32.2. The van der Waals surface area contributed by atoms with Crippen LogP contribution in [0, 0.1) is 12.3 Å². The maximum atomic E-state index is 14.0. The third kappa shape index (κ3) is 11.3. The van der Waals surface area contributed by atoms with Gasteiger partial charge in [-0.1, -0.05) is 120 Å². The van der Waals surface area contributed by atoms with E-state index in [1.165, 1.54) is 11.1 Å². The summed E-state index contributed by atoms with van der Waals surface area (Å²) in [6.07, 6.45) is 4.60. The Balaban J connectivity index is 1.57. The zero-order valence-electron chi connectivity index (χ0n) is 29.5. The molecule has 0 spiro atoms. The number of carbonyl (C=O) groups is 2. The minimum absolute atomic E-state index is 0.00645. The lowest BCUT2D eigenvalue weighted by molar-refractivity contribution is -0.117. The second kappa shape index (κ2) is 15.3. The largest absolute Gasteiger partial charge is 0.351 e. The molecule has 0 saturated carbocycles.